The van der Waals surface area contributed by atoms with Crippen molar-refractivity contribution in [3.8, 4) is 0 Å². The number of ether oxygens (including phenoxy) is 1. The Kier molecular flexibility index (Phi) is 8.55. The van der Waals surface area contributed by atoms with Crippen molar-refractivity contribution in [1.29, 1.82) is 0 Å². The fourth-order valence-corrected chi connectivity index (χ4v) is 11.1. The van der Waals surface area contributed by atoms with Crippen LogP contribution in [0.15, 0.2) is 72.8 Å². The average molecular weight is 519 g/mol. The van der Waals surface area contributed by atoms with Crippen LogP contribution in [0.25, 0.3) is 0 Å². The Hall–Kier alpha value is -2.50. The van der Waals surface area contributed by atoms with Crippen LogP contribution in [-0.4, -0.2) is 33.3 Å². The van der Waals surface area contributed by atoms with E-state index in [0.29, 0.717) is 19.6 Å². The van der Waals surface area contributed by atoms with Crippen LogP contribution in [0.3, 0.4) is 0 Å². The third-order valence-electron chi connectivity index (χ3n) is 8.31. The van der Waals surface area contributed by atoms with Crippen LogP contribution in [0.2, 0.25) is 5.04 Å². The van der Waals surface area contributed by atoms with Gasteiger partial charge >= 0.3 is 5.97 Å². The van der Waals surface area contributed by atoms with Crippen LogP contribution in [0.1, 0.15) is 53.9 Å². The molecule has 2 aromatic carbocycles. The zero-order valence-corrected chi connectivity index (χ0v) is 24.0. The number of carbonyl (C=O) groups excluding carboxylic acids is 2. The average Bonchev–Trinajstić information content (AvgIpc) is 3.21. The molecule has 0 aromatic heterocycles. The van der Waals surface area contributed by atoms with Crippen molar-refractivity contribution in [2.45, 2.75) is 58.9 Å². The molecule has 1 aliphatic carbocycles. The van der Waals surface area contributed by atoms with Gasteiger partial charge in [0.2, 0.25) is 0 Å². The molecule has 0 amide bonds. The second-order valence-electron chi connectivity index (χ2n) is 12.0. The van der Waals surface area contributed by atoms with Crippen molar-refractivity contribution in [1.82, 2.24) is 0 Å². The number of carbonyl (C=O) groups is 2. The van der Waals surface area contributed by atoms with Crippen LogP contribution >= 0.6 is 0 Å². The molecule has 4 rings (SSSR count). The minimum atomic E-state index is -2.57. The summed E-state index contributed by atoms with van der Waals surface area (Å²) in [4.78, 5) is 25.7. The molecule has 1 fully saturated rings. The summed E-state index contributed by atoms with van der Waals surface area (Å²) >= 11 is 0. The van der Waals surface area contributed by atoms with E-state index in [4.69, 9.17) is 9.16 Å². The number of hydrogen-bond donors (Lipinski definition) is 0. The Morgan fingerprint density at radius 3 is 2.14 bits per heavy atom. The van der Waals surface area contributed by atoms with E-state index in [9.17, 15) is 9.59 Å². The van der Waals surface area contributed by atoms with Gasteiger partial charge in [0, 0.05) is 24.9 Å². The predicted molar refractivity (Wildman–Crippen MR) is 151 cm³/mol. The van der Waals surface area contributed by atoms with Gasteiger partial charge in [-0.3, -0.25) is 9.59 Å². The number of cyclic esters (lactones) is 1. The third kappa shape index (κ3) is 5.68. The SMILES string of the molecule is C[C@H](CCCO[Si](c1ccccc1)(c1ccccc1)C(C)(C)C)[C@@H]1C(=O)C[C@@H](C)/C=C\[C@H]2C(=O)OC[C@H]12. The molecule has 0 saturated carbocycles. The van der Waals surface area contributed by atoms with Gasteiger partial charge < -0.3 is 9.16 Å². The third-order valence-corrected chi connectivity index (χ3v) is 13.3. The van der Waals surface area contributed by atoms with Gasteiger partial charge in [-0.15, -0.1) is 0 Å². The van der Waals surface area contributed by atoms with Crippen molar-refractivity contribution >= 4 is 30.4 Å². The van der Waals surface area contributed by atoms with Crippen LogP contribution in [0, 0.1) is 29.6 Å². The van der Waals surface area contributed by atoms with Gasteiger partial charge in [-0.25, -0.2) is 0 Å². The lowest BCUT2D eigenvalue weighted by molar-refractivity contribution is -0.140. The van der Waals surface area contributed by atoms with Gasteiger partial charge in [0.15, 0.2) is 0 Å². The summed E-state index contributed by atoms with van der Waals surface area (Å²) in [5.74, 6) is -0.118. The number of hydrogen-bond acceptors (Lipinski definition) is 4. The smallest absolute Gasteiger partial charge is 0.313 e. The molecule has 2 aliphatic rings. The summed E-state index contributed by atoms with van der Waals surface area (Å²) in [7, 11) is -2.57. The fourth-order valence-electron chi connectivity index (χ4n) is 6.48. The minimum Gasteiger partial charge on any atom is -0.465 e. The van der Waals surface area contributed by atoms with Gasteiger partial charge in [0.1, 0.15) is 5.78 Å². The van der Waals surface area contributed by atoms with Crippen LogP contribution in [-0.2, 0) is 18.8 Å². The number of benzene rings is 2. The van der Waals surface area contributed by atoms with E-state index < -0.39 is 8.32 Å². The monoisotopic (exact) mass is 518 g/mol. The molecule has 5 heteroatoms. The molecule has 4 nitrogen and oxygen atoms in total. The Morgan fingerprint density at radius 1 is 0.973 bits per heavy atom. The Balaban J connectivity index is 1.52. The van der Waals surface area contributed by atoms with Crippen molar-refractivity contribution in [2.75, 3.05) is 13.2 Å². The number of allylic oxidation sites excluding steroid dienone is 1. The summed E-state index contributed by atoms with van der Waals surface area (Å²) in [5.41, 5.74) is 0. The lowest BCUT2D eigenvalue weighted by Gasteiger charge is -2.43. The maximum atomic E-state index is 13.3. The second-order valence-corrected chi connectivity index (χ2v) is 16.3. The zero-order valence-electron chi connectivity index (χ0n) is 23.0. The summed E-state index contributed by atoms with van der Waals surface area (Å²) in [6, 6.07) is 21.4. The molecule has 1 aliphatic heterocycles. The molecule has 0 spiro atoms. The van der Waals surface area contributed by atoms with E-state index in [1.807, 2.05) is 12.2 Å². The van der Waals surface area contributed by atoms with Crippen LogP contribution in [0.4, 0.5) is 0 Å². The maximum absolute atomic E-state index is 13.3. The summed E-state index contributed by atoms with van der Waals surface area (Å²) in [5, 5.41) is 2.50. The first-order valence-electron chi connectivity index (χ1n) is 13.8. The summed E-state index contributed by atoms with van der Waals surface area (Å²) < 4.78 is 12.5. The fraction of sp³-hybridized carbons (Fsp3) is 0.500. The van der Waals surface area contributed by atoms with E-state index in [2.05, 4.69) is 95.3 Å². The first-order chi connectivity index (χ1) is 17.6. The highest BCUT2D eigenvalue weighted by Crippen LogP contribution is 2.40. The summed E-state index contributed by atoms with van der Waals surface area (Å²) in [6.45, 7) is 12.1. The molecule has 0 bridgehead atoms. The standard InChI is InChI=1S/C32H42O4Si/c1-23-18-19-27-28(22-35-31(27)34)30(29(33)21-23)24(2)13-12-20-36-37(32(3,4)5,25-14-8-6-9-15-25)26-16-10-7-11-17-26/h6-11,14-19,23-24,27-28,30H,12-13,20-22H2,1-5H3/b19-18-/t23-,24+,27+,28-,30-/m0/s1. The number of ketones is 1. The van der Waals surface area contributed by atoms with Gasteiger partial charge in [-0.1, -0.05) is 107 Å². The van der Waals surface area contributed by atoms with Gasteiger partial charge in [0.25, 0.3) is 8.32 Å². The van der Waals surface area contributed by atoms with E-state index in [1.165, 1.54) is 10.4 Å². The van der Waals surface area contributed by atoms with E-state index in [-0.39, 0.29) is 46.4 Å². The zero-order chi connectivity index (χ0) is 26.6. The highest BCUT2D eigenvalue weighted by Gasteiger charge is 2.50. The maximum Gasteiger partial charge on any atom is 0.313 e. The number of esters is 1. The van der Waals surface area contributed by atoms with Crippen molar-refractivity contribution in [2.24, 2.45) is 29.6 Å². The van der Waals surface area contributed by atoms with E-state index >= 15 is 0 Å². The lowest BCUT2D eigenvalue weighted by atomic mass is 9.70. The molecule has 0 N–H and O–H groups in total. The Morgan fingerprint density at radius 2 is 1.57 bits per heavy atom. The molecule has 2 aromatic rings. The molecule has 5 atom stereocenters. The van der Waals surface area contributed by atoms with Gasteiger partial charge in [-0.05, 0) is 40.1 Å². The molecule has 1 saturated heterocycles. The van der Waals surface area contributed by atoms with Crippen LogP contribution in [0.5, 0.6) is 0 Å². The predicted octanol–water partition coefficient (Wildman–Crippen LogP) is 5.55. The minimum absolute atomic E-state index is 0.0589. The highest BCUT2D eigenvalue weighted by molar-refractivity contribution is 6.99. The van der Waals surface area contributed by atoms with Crippen molar-refractivity contribution in [3.05, 3.63) is 72.8 Å². The van der Waals surface area contributed by atoms with Crippen LogP contribution < -0.4 is 10.4 Å². The first kappa shape index (κ1) is 27.5. The largest absolute Gasteiger partial charge is 0.465 e. The quantitative estimate of drug-likeness (QED) is 0.199. The number of Topliss-reactive ketones (excluding diaryl/α,β-unsaturated/α-hetero) is 1. The molecule has 37 heavy (non-hydrogen) atoms. The number of fused-ring (bicyclic) bond motifs is 1. The first-order valence-corrected chi connectivity index (χ1v) is 15.7. The number of rotatable bonds is 8. The molecule has 0 radical (unpaired) electrons. The Labute approximate surface area is 223 Å². The van der Waals surface area contributed by atoms with Crippen molar-refractivity contribution < 1.29 is 18.8 Å². The normalized spacial score (nSPS) is 26.1. The second kappa shape index (κ2) is 11.5. The summed E-state index contributed by atoms with van der Waals surface area (Å²) in [6.07, 6.45) is 6.28. The van der Waals surface area contributed by atoms with Gasteiger partial charge in [-0.2, -0.15) is 0 Å². The highest BCUT2D eigenvalue weighted by atomic mass is 28.4. The molecule has 0 unspecified atom stereocenters. The van der Waals surface area contributed by atoms with E-state index in [1.54, 1.807) is 0 Å². The molecule has 198 valence electrons. The molecular formula is C32H42O4Si. The van der Waals surface area contributed by atoms with E-state index in [0.717, 1.165) is 12.8 Å². The van der Waals surface area contributed by atoms with Crippen molar-refractivity contribution in [3.63, 3.8) is 0 Å². The molecule has 1 heterocycles. The topological polar surface area (TPSA) is 52.6 Å². The lowest BCUT2D eigenvalue weighted by Crippen LogP contribution is -2.66. The Bertz CT molecular complexity index is 1050. The molecular weight excluding hydrogens is 476 g/mol. The van der Waals surface area contributed by atoms with Gasteiger partial charge in [0.05, 0.1) is 12.5 Å².